The Labute approximate surface area is 250 Å². The first-order chi connectivity index (χ1) is 20.1. The Bertz CT molecular complexity index is 1630. The Morgan fingerprint density at radius 3 is 2.64 bits per heavy atom. The predicted molar refractivity (Wildman–Crippen MR) is 161 cm³/mol. The monoisotopic (exact) mass is 606 g/mol. The number of aliphatic hydroxyl groups is 1. The van der Waals surface area contributed by atoms with Crippen LogP contribution in [0.1, 0.15) is 62.3 Å². The van der Waals surface area contributed by atoms with Crippen LogP contribution < -0.4 is 10.6 Å². The van der Waals surface area contributed by atoms with Crippen LogP contribution in [0.15, 0.2) is 58.8 Å². The highest BCUT2D eigenvalue weighted by Gasteiger charge is 2.34. The van der Waals surface area contributed by atoms with Crippen molar-refractivity contribution in [2.45, 2.75) is 61.7 Å². The van der Waals surface area contributed by atoms with E-state index >= 15 is 0 Å². The maximum absolute atomic E-state index is 13.8. The fraction of sp³-hybridized carbons (Fsp3) is 0.387. The topological polar surface area (TPSA) is 129 Å². The summed E-state index contributed by atoms with van der Waals surface area (Å²) in [6.07, 6.45) is 2.57. The summed E-state index contributed by atoms with van der Waals surface area (Å²) in [5.41, 5.74) is 1.93. The molecule has 0 spiro atoms. The number of amides is 2. The number of aryl methyl sites for hydroxylation is 1. The average Bonchev–Trinajstić information content (AvgIpc) is 3.65. The van der Waals surface area contributed by atoms with Crippen LogP contribution in [0, 0.1) is 18.8 Å². The van der Waals surface area contributed by atoms with Gasteiger partial charge in [-0.2, -0.15) is 0 Å². The lowest BCUT2D eigenvalue weighted by Gasteiger charge is -2.30. The summed E-state index contributed by atoms with van der Waals surface area (Å²) in [5.74, 6) is 5.07. The van der Waals surface area contributed by atoms with Crippen molar-refractivity contribution in [2.24, 2.45) is 0 Å². The molecule has 0 radical (unpaired) electrons. The SMILES string of the molecule is Cc1csc([C@H]2CCCN2C(=O)c2cc(C(=O)N[C@@H](Cc3ccccc3)[C@H](O)[C@H]3C#CCCN3)cc(S(C)(=O)=O)c2)n1. The van der Waals surface area contributed by atoms with Crippen molar-refractivity contribution in [3.8, 4) is 11.8 Å². The molecular weight excluding hydrogens is 572 g/mol. The number of nitrogens with one attached hydrogen (secondary N) is 2. The van der Waals surface area contributed by atoms with Crippen molar-refractivity contribution in [1.29, 1.82) is 0 Å². The molecule has 1 fully saturated rings. The zero-order valence-electron chi connectivity index (χ0n) is 23.5. The third-order valence-electron chi connectivity index (χ3n) is 7.52. The predicted octanol–water partition coefficient (Wildman–Crippen LogP) is 2.90. The summed E-state index contributed by atoms with van der Waals surface area (Å²) in [5, 5.41) is 20.1. The minimum Gasteiger partial charge on any atom is -0.388 e. The maximum atomic E-state index is 13.8. The minimum absolute atomic E-state index is 0.0232. The molecular formula is C31H34N4O5S2. The number of benzene rings is 2. The minimum atomic E-state index is -3.75. The number of hydrogen-bond donors (Lipinski definition) is 3. The van der Waals surface area contributed by atoms with Gasteiger partial charge in [-0.05, 0) is 49.9 Å². The van der Waals surface area contributed by atoms with E-state index in [2.05, 4.69) is 27.5 Å². The van der Waals surface area contributed by atoms with Gasteiger partial charge in [0.05, 0.1) is 23.0 Å². The second-order valence-corrected chi connectivity index (χ2v) is 13.7. The number of likely N-dealkylation sites (tertiary alicyclic amines) is 1. The number of carbonyl (C=O) groups excluding carboxylic acids is 2. The molecule has 4 atom stereocenters. The molecule has 0 saturated carbocycles. The van der Waals surface area contributed by atoms with Gasteiger partial charge in [0.1, 0.15) is 11.1 Å². The van der Waals surface area contributed by atoms with E-state index in [4.69, 9.17) is 0 Å². The largest absolute Gasteiger partial charge is 0.388 e. The van der Waals surface area contributed by atoms with Crippen molar-refractivity contribution in [3.05, 3.63) is 81.3 Å². The Hall–Kier alpha value is -3.56. The highest BCUT2D eigenvalue weighted by Crippen LogP contribution is 2.35. The molecule has 2 aromatic carbocycles. The maximum Gasteiger partial charge on any atom is 0.254 e. The van der Waals surface area contributed by atoms with E-state index in [1.807, 2.05) is 42.6 Å². The third kappa shape index (κ3) is 6.90. The van der Waals surface area contributed by atoms with Gasteiger partial charge in [-0.3, -0.25) is 9.59 Å². The van der Waals surface area contributed by atoms with E-state index in [-0.39, 0.29) is 28.0 Å². The van der Waals surface area contributed by atoms with Crippen LogP contribution in [0.4, 0.5) is 0 Å². The van der Waals surface area contributed by atoms with Crippen molar-refractivity contribution >= 4 is 33.0 Å². The van der Waals surface area contributed by atoms with E-state index in [1.54, 1.807) is 4.90 Å². The van der Waals surface area contributed by atoms with Crippen molar-refractivity contribution < 1.29 is 23.1 Å². The second-order valence-electron chi connectivity index (χ2n) is 10.8. The van der Waals surface area contributed by atoms with Crippen LogP contribution in [0.5, 0.6) is 0 Å². The molecule has 11 heteroatoms. The van der Waals surface area contributed by atoms with Crippen LogP contribution in [0.3, 0.4) is 0 Å². The summed E-state index contributed by atoms with van der Waals surface area (Å²) in [6, 6.07) is 12.0. The van der Waals surface area contributed by atoms with Crippen molar-refractivity contribution in [2.75, 3.05) is 19.3 Å². The first-order valence-corrected chi connectivity index (χ1v) is 16.7. The van der Waals surface area contributed by atoms with Crippen LogP contribution in [-0.4, -0.2) is 72.8 Å². The summed E-state index contributed by atoms with van der Waals surface area (Å²) in [6.45, 7) is 3.04. The summed E-state index contributed by atoms with van der Waals surface area (Å²) >= 11 is 1.50. The molecule has 3 N–H and O–H groups in total. The van der Waals surface area contributed by atoms with Crippen molar-refractivity contribution in [1.82, 2.24) is 20.5 Å². The fourth-order valence-corrected chi connectivity index (χ4v) is 6.99. The highest BCUT2D eigenvalue weighted by atomic mass is 32.2. The number of rotatable bonds is 9. The molecule has 0 aliphatic carbocycles. The molecule has 1 aromatic heterocycles. The van der Waals surface area contributed by atoms with Crippen LogP contribution in [0.2, 0.25) is 0 Å². The first-order valence-electron chi connectivity index (χ1n) is 13.9. The number of hydrogen-bond acceptors (Lipinski definition) is 8. The summed E-state index contributed by atoms with van der Waals surface area (Å²) < 4.78 is 25.3. The summed E-state index contributed by atoms with van der Waals surface area (Å²) in [7, 11) is -3.75. The van der Waals surface area contributed by atoms with Gasteiger partial charge in [0, 0.05) is 48.0 Å². The van der Waals surface area contributed by atoms with E-state index in [9.17, 15) is 23.1 Å². The van der Waals surface area contributed by atoms with Gasteiger partial charge < -0.3 is 20.6 Å². The molecule has 1 saturated heterocycles. The first kappa shape index (κ1) is 29.9. The quantitative estimate of drug-likeness (QED) is 0.320. The Balaban J connectivity index is 1.45. The van der Waals surface area contributed by atoms with Gasteiger partial charge in [-0.25, -0.2) is 13.4 Å². The number of aliphatic hydroxyl groups excluding tert-OH is 1. The van der Waals surface area contributed by atoms with Gasteiger partial charge in [0.25, 0.3) is 11.8 Å². The van der Waals surface area contributed by atoms with E-state index in [0.29, 0.717) is 25.9 Å². The average molecular weight is 607 g/mol. The number of nitrogens with zero attached hydrogens (tertiary/aromatic N) is 2. The van der Waals surface area contributed by atoms with Gasteiger partial charge >= 0.3 is 0 Å². The number of aromatic nitrogens is 1. The molecule has 0 unspecified atom stereocenters. The fourth-order valence-electron chi connectivity index (χ4n) is 5.36. The molecule has 2 aliphatic rings. The highest BCUT2D eigenvalue weighted by molar-refractivity contribution is 7.90. The third-order valence-corrected chi connectivity index (χ3v) is 9.68. The van der Waals surface area contributed by atoms with E-state index in [0.717, 1.165) is 35.4 Å². The van der Waals surface area contributed by atoms with Gasteiger partial charge in [0.15, 0.2) is 9.84 Å². The van der Waals surface area contributed by atoms with Gasteiger partial charge in [-0.15, -0.1) is 17.3 Å². The van der Waals surface area contributed by atoms with Gasteiger partial charge in [0.2, 0.25) is 0 Å². The molecule has 0 bridgehead atoms. The van der Waals surface area contributed by atoms with Gasteiger partial charge in [-0.1, -0.05) is 36.3 Å². The van der Waals surface area contributed by atoms with Crippen LogP contribution in [0.25, 0.3) is 0 Å². The number of sulfone groups is 1. The Morgan fingerprint density at radius 1 is 1.21 bits per heavy atom. The molecule has 3 aromatic rings. The second kappa shape index (κ2) is 12.8. The van der Waals surface area contributed by atoms with E-state index in [1.165, 1.54) is 29.5 Å². The molecule has 2 amide bonds. The molecule has 220 valence electrons. The molecule has 2 aliphatic heterocycles. The van der Waals surface area contributed by atoms with E-state index < -0.39 is 33.9 Å². The van der Waals surface area contributed by atoms with Crippen molar-refractivity contribution in [3.63, 3.8) is 0 Å². The summed E-state index contributed by atoms with van der Waals surface area (Å²) in [4.78, 5) is 33.6. The molecule has 3 heterocycles. The molecule has 9 nitrogen and oxygen atoms in total. The lowest BCUT2D eigenvalue weighted by molar-refractivity contribution is 0.0735. The molecule has 5 rings (SSSR count). The smallest absolute Gasteiger partial charge is 0.254 e. The zero-order chi connectivity index (χ0) is 29.9. The lowest BCUT2D eigenvalue weighted by Crippen LogP contribution is -2.54. The number of thiazole rings is 1. The number of carbonyl (C=O) groups is 2. The normalized spacial score (nSPS) is 19.9. The van der Waals surface area contributed by atoms with Crippen LogP contribution >= 0.6 is 11.3 Å². The Kier molecular flexibility index (Phi) is 9.08. The van der Waals surface area contributed by atoms with Crippen LogP contribution in [-0.2, 0) is 16.3 Å². The molecule has 42 heavy (non-hydrogen) atoms. The Morgan fingerprint density at radius 2 is 1.98 bits per heavy atom. The lowest BCUT2D eigenvalue weighted by atomic mass is 9.95. The zero-order valence-corrected chi connectivity index (χ0v) is 25.2. The standard InChI is InChI=1S/C31H34N4O5S2/c1-20-19-41-30(33-20)27-12-8-14-35(27)31(38)23-16-22(17-24(18-23)42(2,39)40)29(37)34-26(15-21-9-4-3-5-10-21)28(36)25-11-6-7-13-32-25/h3-5,9-10,16-19,25-28,32,36H,7-8,12-15H2,1-2H3,(H,34,37)/t25-,26+,27-,28-/m1/s1.